The standard InChI is InChI=1S/C16H29NO3/c1-4-19-15(18)16(8-7-12(2)13(3)10-16)17-11-14-6-5-9-20-14/h12-14,17H,4-11H2,1-3H3. The summed E-state index contributed by atoms with van der Waals surface area (Å²) in [5.41, 5.74) is -0.492. The van der Waals surface area contributed by atoms with E-state index in [0.29, 0.717) is 18.4 Å². The average Bonchev–Trinajstić information content (AvgIpc) is 2.94. The Bertz CT molecular complexity index is 328. The van der Waals surface area contributed by atoms with Gasteiger partial charge in [-0.15, -0.1) is 0 Å². The summed E-state index contributed by atoms with van der Waals surface area (Å²) in [5.74, 6) is 1.16. The van der Waals surface area contributed by atoms with E-state index in [2.05, 4.69) is 19.2 Å². The van der Waals surface area contributed by atoms with Crippen molar-refractivity contribution in [3.05, 3.63) is 0 Å². The largest absolute Gasteiger partial charge is 0.465 e. The lowest BCUT2D eigenvalue weighted by Crippen LogP contribution is -2.58. The second kappa shape index (κ2) is 6.90. The molecule has 1 saturated carbocycles. The molecule has 0 aromatic carbocycles. The number of carbonyl (C=O) groups excluding carboxylic acids is 1. The number of nitrogens with one attached hydrogen (secondary N) is 1. The summed E-state index contributed by atoms with van der Waals surface area (Å²) in [6.45, 7) is 8.46. The van der Waals surface area contributed by atoms with Gasteiger partial charge in [-0.05, 0) is 50.9 Å². The molecule has 1 N–H and O–H groups in total. The molecule has 0 bridgehead atoms. The molecule has 1 aliphatic heterocycles. The van der Waals surface area contributed by atoms with E-state index in [-0.39, 0.29) is 12.1 Å². The molecule has 1 aliphatic carbocycles. The first-order chi connectivity index (χ1) is 9.57. The number of esters is 1. The first kappa shape index (κ1) is 15.8. The van der Waals surface area contributed by atoms with Crippen LogP contribution in [-0.2, 0) is 14.3 Å². The fourth-order valence-corrected chi connectivity index (χ4v) is 3.41. The summed E-state index contributed by atoms with van der Waals surface area (Å²) < 4.78 is 11.0. The van der Waals surface area contributed by atoms with Crippen molar-refractivity contribution in [3.63, 3.8) is 0 Å². The van der Waals surface area contributed by atoms with Gasteiger partial charge in [0.25, 0.3) is 0 Å². The summed E-state index contributed by atoms with van der Waals surface area (Å²) in [6, 6.07) is 0. The van der Waals surface area contributed by atoms with E-state index in [4.69, 9.17) is 9.47 Å². The van der Waals surface area contributed by atoms with Gasteiger partial charge < -0.3 is 9.47 Å². The molecule has 1 saturated heterocycles. The third kappa shape index (κ3) is 3.53. The van der Waals surface area contributed by atoms with Gasteiger partial charge in [-0.3, -0.25) is 10.1 Å². The fraction of sp³-hybridized carbons (Fsp3) is 0.938. The van der Waals surface area contributed by atoms with E-state index in [1.54, 1.807) is 0 Å². The van der Waals surface area contributed by atoms with Crippen LogP contribution < -0.4 is 5.32 Å². The highest BCUT2D eigenvalue weighted by molar-refractivity contribution is 5.81. The Morgan fingerprint density at radius 2 is 2.15 bits per heavy atom. The molecule has 2 aliphatic rings. The highest BCUT2D eigenvalue weighted by Crippen LogP contribution is 2.37. The zero-order valence-electron chi connectivity index (χ0n) is 13.1. The minimum Gasteiger partial charge on any atom is -0.465 e. The summed E-state index contributed by atoms with van der Waals surface area (Å²) in [6.07, 6.45) is 5.32. The number of hydrogen-bond acceptors (Lipinski definition) is 4. The molecule has 1 heterocycles. The maximum absolute atomic E-state index is 12.5. The molecule has 0 radical (unpaired) electrons. The Balaban J connectivity index is 2.01. The fourth-order valence-electron chi connectivity index (χ4n) is 3.41. The van der Waals surface area contributed by atoms with Gasteiger partial charge in [-0.1, -0.05) is 13.8 Å². The lowest BCUT2D eigenvalue weighted by atomic mass is 9.71. The Morgan fingerprint density at radius 3 is 2.75 bits per heavy atom. The molecule has 0 spiro atoms. The van der Waals surface area contributed by atoms with Crippen LogP contribution in [0.2, 0.25) is 0 Å². The van der Waals surface area contributed by atoms with Crippen LogP contribution in [0.5, 0.6) is 0 Å². The van der Waals surface area contributed by atoms with E-state index >= 15 is 0 Å². The number of carbonyl (C=O) groups is 1. The van der Waals surface area contributed by atoms with Crippen molar-refractivity contribution in [1.82, 2.24) is 5.32 Å². The van der Waals surface area contributed by atoms with E-state index in [1.165, 1.54) is 0 Å². The molecule has 20 heavy (non-hydrogen) atoms. The van der Waals surface area contributed by atoms with Crippen molar-refractivity contribution in [2.24, 2.45) is 11.8 Å². The third-order valence-corrected chi connectivity index (χ3v) is 5.03. The SMILES string of the molecule is CCOC(=O)C1(NCC2CCCO2)CCC(C)C(C)C1. The van der Waals surface area contributed by atoms with Crippen LogP contribution >= 0.6 is 0 Å². The van der Waals surface area contributed by atoms with Gasteiger partial charge in [0.2, 0.25) is 0 Å². The van der Waals surface area contributed by atoms with Crippen LogP contribution in [0.3, 0.4) is 0 Å². The minimum absolute atomic E-state index is 0.0725. The molecule has 4 heteroatoms. The van der Waals surface area contributed by atoms with Crippen molar-refractivity contribution in [2.45, 2.75) is 64.5 Å². The molecule has 0 amide bonds. The molecule has 0 aromatic heterocycles. The lowest BCUT2D eigenvalue weighted by Gasteiger charge is -2.41. The van der Waals surface area contributed by atoms with Crippen LogP contribution in [0.15, 0.2) is 0 Å². The van der Waals surface area contributed by atoms with Gasteiger partial charge in [-0.2, -0.15) is 0 Å². The zero-order valence-corrected chi connectivity index (χ0v) is 13.1. The number of hydrogen-bond donors (Lipinski definition) is 1. The van der Waals surface area contributed by atoms with Crippen LogP contribution in [0.4, 0.5) is 0 Å². The van der Waals surface area contributed by atoms with Crippen LogP contribution in [-0.4, -0.2) is 37.4 Å². The summed E-state index contributed by atoms with van der Waals surface area (Å²) in [5, 5.41) is 3.51. The normalized spacial score (nSPS) is 37.9. The zero-order chi connectivity index (χ0) is 14.6. The van der Waals surface area contributed by atoms with Gasteiger partial charge >= 0.3 is 5.97 Å². The van der Waals surface area contributed by atoms with E-state index in [9.17, 15) is 4.79 Å². The summed E-state index contributed by atoms with van der Waals surface area (Å²) in [7, 11) is 0. The molecular formula is C16H29NO3. The van der Waals surface area contributed by atoms with Crippen molar-refractivity contribution >= 4 is 5.97 Å². The molecule has 2 fully saturated rings. The predicted octanol–water partition coefficient (Wildman–Crippen LogP) is 2.51. The minimum atomic E-state index is -0.492. The second-order valence-corrected chi connectivity index (χ2v) is 6.52. The molecule has 4 nitrogen and oxygen atoms in total. The van der Waals surface area contributed by atoms with E-state index in [1.807, 2.05) is 6.92 Å². The van der Waals surface area contributed by atoms with Gasteiger partial charge in [0.1, 0.15) is 5.54 Å². The van der Waals surface area contributed by atoms with Crippen LogP contribution in [0, 0.1) is 11.8 Å². The number of ether oxygens (including phenoxy) is 2. The first-order valence-electron chi connectivity index (χ1n) is 8.11. The predicted molar refractivity (Wildman–Crippen MR) is 78.5 cm³/mol. The maximum atomic E-state index is 12.5. The molecule has 2 rings (SSSR count). The van der Waals surface area contributed by atoms with Gasteiger partial charge in [0.15, 0.2) is 0 Å². The van der Waals surface area contributed by atoms with Gasteiger partial charge in [0, 0.05) is 13.2 Å². The number of rotatable bonds is 5. The second-order valence-electron chi connectivity index (χ2n) is 6.52. The van der Waals surface area contributed by atoms with Crippen molar-refractivity contribution < 1.29 is 14.3 Å². The van der Waals surface area contributed by atoms with Gasteiger partial charge in [0.05, 0.1) is 12.7 Å². The Morgan fingerprint density at radius 1 is 1.35 bits per heavy atom. The molecule has 116 valence electrons. The monoisotopic (exact) mass is 283 g/mol. The molecule has 4 atom stereocenters. The average molecular weight is 283 g/mol. The highest BCUT2D eigenvalue weighted by atomic mass is 16.5. The van der Waals surface area contributed by atoms with Crippen molar-refractivity contribution in [1.29, 1.82) is 0 Å². The van der Waals surface area contributed by atoms with E-state index < -0.39 is 5.54 Å². The Labute approximate surface area is 122 Å². The smallest absolute Gasteiger partial charge is 0.326 e. The Hall–Kier alpha value is -0.610. The van der Waals surface area contributed by atoms with Crippen LogP contribution in [0.1, 0.15) is 52.9 Å². The highest BCUT2D eigenvalue weighted by Gasteiger charge is 2.45. The molecular weight excluding hydrogens is 254 g/mol. The van der Waals surface area contributed by atoms with Crippen molar-refractivity contribution in [3.8, 4) is 0 Å². The first-order valence-corrected chi connectivity index (χ1v) is 8.11. The lowest BCUT2D eigenvalue weighted by molar-refractivity contribution is -0.154. The topological polar surface area (TPSA) is 47.6 Å². The third-order valence-electron chi connectivity index (χ3n) is 5.03. The molecule has 4 unspecified atom stereocenters. The molecule has 0 aromatic rings. The van der Waals surface area contributed by atoms with E-state index in [0.717, 1.165) is 45.3 Å². The van der Waals surface area contributed by atoms with Gasteiger partial charge in [-0.25, -0.2) is 0 Å². The van der Waals surface area contributed by atoms with Crippen molar-refractivity contribution in [2.75, 3.05) is 19.8 Å². The van der Waals surface area contributed by atoms with Crippen LogP contribution in [0.25, 0.3) is 0 Å². The summed E-state index contributed by atoms with van der Waals surface area (Å²) in [4.78, 5) is 12.5. The summed E-state index contributed by atoms with van der Waals surface area (Å²) >= 11 is 0. The Kier molecular flexibility index (Phi) is 5.44. The maximum Gasteiger partial charge on any atom is 0.326 e. The quantitative estimate of drug-likeness (QED) is 0.788.